The second-order valence-corrected chi connectivity index (χ2v) is 6.55. The molecule has 1 unspecified atom stereocenters. The van der Waals surface area contributed by atoms with Crippen molar-refractivity contribution < 1.29 is 14.3 Å². The van der Waals surface area contributed by atoms with Gasteiger partial charge in [-0.2, -0.15) is 0 Å². The second-order valence-electron chi connectivity index (χ2n) is 6.55. The Morgan fingerprint density at radius 2 is 2.00 bits per heavy atom. The predicted octanol–water partition coefficient (Wildman–Crippen LogP) is 2.62. The Kier molecular flexibility index (Phi) is 3.05. The van der Waals surface area contributed by atoms with E-state index >= 15 is 0 Å². The van der Waals surface area contributed by atoms with Gasteiger partial charge in [0.15, 0.2) is 17.6 Å². The molecule has 0 radical (unpaired) electrons. The number of ether oxygens (including phenoxy) is 2. The average Bonchev–Trinajstić information content (AvgIpc) is 3.29. The minimum absolute atomic E-state index is 0.140. The van der Waals surface area contributed by atoms with Crippen molar-refractivity contribution in [3.05, 3.63) is 24.3 Å². The Hall–Kier alpha value is -1.71. The maximum Gasteiger partial charge on any atom is 0.263 e. The van der Waals surface area contributed by atoms with Gasteiger partial charge in [-0.25, -0.2) is 0 Å². The SMILES string of the molecule is O=C(C1CCOc2ccccc2O1)N1CCCC2(CC2)C1. The summed E-state index contributed by atoms with van der Waals surface area (Å²) < 4.78 is 11.6. The molecule has 0 bridgehead atoms. The molecular formula is C17H21NO3. The molecule has 0 N–H and O–H groups in total. The smallest absolute Gasteiger partial charge is 0.263 e. The number of fused-ring (bicyclic) bond motifs is 1. The first-order valence-corrected chi connectivity index (χ1v) is 7.93. The third kappa shape index (κ3) is 2.47. The van der Waals surface area contributed by atoms with Crippen LogP contribution >= 0.6 is 0 Å². The van der Waals surface area contributed by atoms with E-state index in [0.717, 1.165) is 25.3 Å². The van der Waals surface area contributed by atoms with Crippen LogP contribution in [-0.2, 0) is 4.79 Å². The van der Waals surface area contributed by atoms with Crippen molar-refractivity contribution in [3.8, 4) is 11.5 Å². The van der Waals surface area contributed by atoms with Gasteiger partial charge in [0.2, 0.25) is 0 Å². The number of piperidine rings is 1. The number of hydrogen-bond acceptors (Lipinski definition) is 3. The van der Waals surface area contributed by atoms with E-state index in [-0.39, 0.29) is 5.91 Å². The van der Waals surface area contributed by atoms with Gasteiger partial charge in [-0.3, -0.25) is 4.79 Å². The lowest BCUT2D eigenvalue weighted by Crippen LogP contribution is -2.47. The molecule has 1 saturated heterocycles. The summed E-state index contributed by atoms with van der Waals surface area (Å²) in [7, 11) is 0. The number of nitrogens with zero attached hydrogens (tertiary/aromatic N) is 1. The van der Waals surface area contributed by atoms with Crippen molar-refractivity contribution in [1.82, 2.24) is 4.90 Å². The highest BCUT2D eigenvalue weighted by molar-refractivity contribution is 5.81. The van der Waals surface area contributed by atoms with E-state index in [0.29, 0.717) is 24.2 Å². The molecule has 1 atom stereocenters. The van der Waals surface area contributed by atoms with E-state index in [1.54, 1.807) is 0 Å². The summed E-state index contributed by atoms with van der Waals surface area (Å²) in [4.78, 5) is 14.8. The van der Waals surface area contributed by atoms with Gasteiger partial charge in [0, 0.05) is 19.5 Å². The third-order valence-corrected chi connectivity index (χ3v) is 4.96. The Morgan fingerprint density at radius 1 is 1.19 bits per heavy atom. The molecule has 4 nitrogen and oxygen atoms in total. The lowest BCUT2D eigenvalue weighted by Gasteiger charge is -2.34. The van der Waals surface area contributed by atoms with Gasteiger partial charge in [0.25, 0.3) is 5.91 Å². The van der Waals surface area contributed by atoms with Gasteiger partial charge in [-0.15, -0.1) is 0 Å². The van der Waals surface area contributed by atoms with Crippen LogP contribution < -0.4 is 9.47 Å². The minimum Gasteiger partial charge on any atom is -0.490 e. The molecule has 112 valence electrons. The minimum atomic E-state index is -0.400. The van der Waals surface area contributed by atoms with Crippen molar-refractivity contribution in [1.29, 1.82) is 0 Å². The van der Waals surface area contributed by atoms with Gasteiger partial charge in [0.1, 0.15) is 0 Å². The van der Waals surface area contributed by atoms with Crippen LogP contribution in [0.2, 0.25) is 0 Å². The van der Waals surface area contributed by atoms with Crippen LogP contribution in [0.5, 0.6) is 11.5 Å². The van der Waals surface area contributed by atoms with Crippen molar-refractivity contribution in [2.45, 2.75) is 38.2 Å². The third-order valence-electron chi connectivity index (χ3n) is 4.96. The largest absolute Gasteiger partial charge is 0.490 e. The lowest BCUT2D eigenvalue weighted by molar-refractivity contribution is -0.141. The van der Waals surface area contributed by atoms with E-state index in [4.69, 9.17) is 9.47 Å². The molecule has 2 heterocycles. The fraction of sp³-hybridized carbons (Fsp3) is 0.588. The second kappa shape index (κ2) is 4.93. The number of benzene rings is 1. The summed E-state index contributed by atoms with van der Waals surface area (Å²) in [6, 6.07) is 7.60. The molecule has 1 aromatic rings. The standard InChI is InChI=1S/C17H21NO3/c19-16(18-10-3-7-17(12-18)8-9-17)15-6-11-20-13-4-1-2-5-14(13)21-15/h1-2,4-5,15H,3,6-12H2. The average molecular weight is 287 g/mol. The zero-order valence-corrected chi connectivity index (χ0v) is 12.2. The van der Waals surface area contributed by atoms with Crippen molar-refractivity contribution in [2.75, 3.05) is 19.7 Å². The van der Waals surface area contributed by atoms with E-state index in [2.05, 4.69) is 0 Å². The number of carbonyl (C=O) groups is 1. The maximum atomic E-state index is 12.8. The topological polar surface area (TPSA) is 38.8 Å². The quantitative estimate of drug-likeness (QED) is 0.797. The molecule has 1 spiro atoms. The molecule has 1 saturated carbocycles. The van der Waals surface area contributed by atoms with Crippen LogP contribution in [-0.4, -0.2) is 36.6 Å². The van der Waals surface area contributed by atoms with Crippen LogP contribution in [0.3, 0.4) is 0 Å². The first-order chi connectivity index (χ1) is 10.3. The first kappa shape index (κ1) is 13.0. The molecule has 21 heavy (non-hydrogen) atoms. The molecule has 1 amide bonds. The highest BCUT2D eigenvalue weighted by Crippen LogP contribution is 2.52. The number of para-hydroxylation sites is 2. The number of likely N-dealkylation sites (tertiary alicyclic amines) is 1. The van der Waals surface area contributed by atoms with E-state index in [9.17, 15) is 4.79 Å². The van der Waals surface area contributed by atoms with Gasteiger partial charge < -0.3 is 14.4 Å². The fourth-order valence-corrected chi connectivity index (χ4v) is 3.51. The van der Waals surface area contributed by atoms with Crippen LogP contribution in [0.4, 0.5) is 0 Å². The number of carbonyl (C=O) groups excluding carboxylic acids is 1. The number of hydrogen-bond donors (Lipinski definition) is 0. The molecule has 1 aliphatic carbocycles. The number of amides is 1. The summed E-state index contributed by atoms with van der Waals surface area (Å²) in [6.45, 7) is 2.34. The maximum absolute atomic E-state index is 12.8. The summed E-state index contributed by atoms with van der Waals surface area (Å²) in [5.74, 6) is 1.57. The highest BCUT2D eigenvalue weighted by Gasteiger charge is 2.47. The van der Waals surface area contributed by atoms with E-state index in [1.165, 1.54) is 19.3 Å². The Morgan fingerprint density at radius 3 is 2.81 bits per heavy atom. The lowest BCUT2D eigenvalue weighted by atomic mass is 9.94. The van der Waals surface area contributed by atoms with Crippen LogP contribution in [0.15, 0.2) is 24.3 Å². The zero-order valence-electron chi connectivity index (χ0n) is 12.2. The summed E-state index contributed by atoms with van der Waals surface area (Å²) in [5, 5.41) is 0. The molecule has 0 aromatic heterocycles. The van der Waals surface area contributed by atoms with Gasteiger partial charge in [-0.05, 0) is 43.2 Å². The molecular weight excluding hydrogens is 266 g/mol. The summed E-state index contributed by atoms with van der Waals surface area (Å²) in [5.41, 5.74) is 0.451. The van der Waals surface area contributed by atoms with Crippen LogP contribution in [0.1, 0.15) is 32.1 Å². The predicted molar refractivity (Wildman–Crippen MR) is 78.5 cm³/mol. The Balaban J connectivity index is 1.49. The normalized spacial score (nSPS) is 26.3. The van der Waals surface area contributed by atoms with Gasteiger partial charge >= 0.3 is 0 Å². The van der Waals surface area contributed by atoms with Crippen molar-refractivity contribution >= 4 is 5.91 Å². The molecule has 2 fully saturated rings. The highest BCUT2D eigenvalue weighted by atomic mass is 16.5. The molecule has 2 aliphatic heterocycles. The van der Waals surface area contributed by atoms with Crippen molar-refractivity contribution in [2.24, 2.45) is 5.41 Å². The Bertz CT molecular complexity index is 553. The van der Waals surface area contributed by atoms with Crippen LogP contribution in [0.25, 0.3) is 0 Å². The Labute approximate surface area is 125 Å². The molecule has 4 rings (SSSR count). The zero-order chi connectivity index (χ0) is 14.3. The summed E-state index contributed by atoms with van der Waals surface area (Å²) in [6.07, 6.45) is 5.21. The van der Waals surface area contributed by atoms with Crippen LogP contribution in [0, 0.1) is 5.41 Å². The molecule has 4 heteroatoms. The van der Waals surface area contributed by atoms with Gasteiger partial charge in [0.05, 0.1) is 6.61 Å². The van der Waals surface area contributed by atoms with Gasteiger partial charge in [-0.1, -0.05) is 12.1 Å². The van der Waals surface area contributed by atoms with E-state index < -0.39 is 6.10 Å². The molecule has 1 aromatic carbocycles. The monoisotopic (exact) mass is 287 g/mol. The number of rotatable bonds is 1. The van der Waals surface area contributed by atoms with Crippen molar-refractivity contribution in [3.63, 3.8) is 0 Å². The first-order valence-electron chi connectivity index (χ1n) is 7.93. The molecule has 3 aliphatic rings. The summed E-state index contributed by atoms with van der Waals surface area (Å²) >= 11 is 0. The van der Waals surface area contributed by atoms with E-state index in [1.807, 2.05) is 29.2 Å². The fourth-order valence-electron chi connectivity index (χ4n) is 3.51.